The Hall–Kier alpha value is -1.29. The Morgan fingerprint density at radius 3 is 2.71 bits per heavy atom. The molecule has 17 heavy (non-hydrogen) atoms. The monoisotopic (exact) mass is 237 g/mol. The molecule has 1 aromatic rings. The maximum atomic E-state index is 10.8. The van der Waals surface area contributed by atoms with E-state index in [2.05, 4.69) is 12.2 Å². The van der Waals surface area contributed by atoms with Gasteiger partial charge in [-0.3, -0.25) is 0 Å². The first-order valence-corrected chi connectivity index (χ1v) is 6.08. The Morgan fingerprint density at radius 1 is 1.53 bits per heavy atom. The molecule has 4 nitrogen and oxygen atoms in total. The molecule has 0 atom stereocenters. The number of carboxylic acids is 1. The number of hydrogen-bond donors (Lipinski definition) is 2. The number of rotatable bonds is 4. The molecular formula is C13H19NO3. The summed E-state index contributed by atoms with van der Waals surface area (Å²) >= 11 is 0. The summed E-state index contributed by atoms with van der Waals surface area (Å²) in [5.41, 5.74) is 0.871. The molecule has 0 bridgehead atoms. The third-order valence-electron chi connectivity index (χ3n) is 3.56. The van der Waals surface area contributed by atoms with Crippen molar-refractivity contribution in [3.05, 3.63) is 23.2 Å². The van der Waals surface area contributed by atoms with Crippen LogP contribution in [0, 0.1) is 6.92 Å². The molecule has 0 amide bonds. The fraction of sp³-hybridized carbons (Fsp3) is 0.615. The average Bonchev–Trinajstić information content (AvgIpc) is 2.83. The van der Waals surface area contributed by atoms with E-state index in [9.17, 15) is 4.79 Å². The molecule has 1 aliphatic rings. The van der Waals surface area contributed by atoms with Gasteiger partial charge in [0.1, 0.15) is 5.76 Å². The minimum absolute atomic E-state index is 0.0541. The van der Waals surface area contributed by atoms with Crippen LogP contribution in [0.3, 0.4) is 0 Å². The minimum atomic E-state index is -0.999. The third-order valence-corrected chi connectivity index (χ3v) is 3.56. The molecule has 0 unspecified atom stereocenters. The van der Waals surface area contributed by atoms with Crippen LogP contribution < -0.4 is 5.32 Å². The van der Waals surface area contributed by atoms with Crippen LogP contribution >= 0.6 is 0 Å². The topological polar surface area (TPSA) is 62.5 Å². The molecule has 1 aliphatic carbocycles. The molecule has 0 aromatic carbocycles. The van der Waals surface area contributed by atoms with Gasteiger partial charge in [0.05, 0.1) is 6.54 Å². The number of carboxylic acid groups (broad SMARTS) is 1. The predicted molar refractivity (Wildman–Crippen MR) is 64.1 cm³/mol. The Morgan fingerprint density at radius 2 is 2.18 bits per heavy atom. The fourth-order valence-electron chi connectivity index (χ4n) is 2.48. The Bertz CT molecular complexity index is 416. The van der Waals surface area contributed by atoms with Gasteiger partial charge in [-0.2, -0.15) is 0 Å². The van der Waals surface area contributed by atoms with E-state index in [4.69, 9.17) is 9.52 Å². The molecule has 2 rings (SSSR count). The van der Waals surface area contributed by atoms with Gasteiger partial charge in [-0.05, 0) is 32.8 Å². The number of aryl methyl sites for hydroxylation is 1. The smallest absolute Gasteiger partial charge is 0.372 e. The first kappa shape index (κ1) is 12.2. The highest BCUT2D eigenvalue weighted by Crippen LogP contribution is 2.29. The van der Waals surface area contributed by atoms with E-state index in [0.29, 0.717) is 17.9 Å². The van der Waals surface area contributed by atoms with Crippen LogP contribution in [0.4, 0.5) is 0 Å². The highest BCUT2D eigenvalue weighted by atomic mass is 16.4. The second kappa shape index (κ2) is 4.53. The van der Waals surface area contributed by atoms with E-state index in [1.807, 2.05) is 0 Å². The molecule has 0 radical (unpaired) electrons. The molecule has 4 heteroatoms. The lowest BCUT2D eigenvalue weighted by Crippen LogP contribution is -2.38. The number of furan rings is 1. The van der Waals surface area contributed by atoms with Gasteiger partial charge in [0.25, 0.3) is 0 Å². The van der Waals surface area contributed by atoms with E-state index in [1.165, 1.54) is 25.7 Å². The standard InChI is InChI=1S/C13H19NO3/c1-9-7-10(17-11(9)12(15)16)8-14-13(2)5-3-4-6-13/h7,14H,3-6,8H2,1-2H3,(H,15,16). The van der Waals surface area contributed by atoms with Crippen LogP contribution in [-0.4, -0.2) is 16.6 Å². The predicted octanol–water partition coefficient (Wildman–Crippen LogP) is 2.71. The molecule has 1 fully saturated rings. The summed E-state index contributed by atoms with van der Waals surface area (Å²) in [4.78, 5) is 10.8. The first-order valence-electron chi connectivity index (χ1n) is 6.08. The summed E-state index contributed by atoms with van der Waals surface area (Å²) in [6.07, 6.45) is 4.89. The normalized spacial score (nSPS) is 18.5. The van der Waals surface area contributed by atoms with Gasteiger partial charge >= 0.3 is 5.97 Å². The molecule has 1 aromatic heterocycles. The van der Waals surface area contributed by atoms with Crippen LogP contribution in [-0.2, 0) is 6.54 Å². The summed E-state index contributed by atoms with van der Waals surface area (Å²) in [6, 6.07) is 1.80. The minimum Gasteiger partial charge on any atom is -0.475 e. The van der Waals surface area contributed by atoms with E-state index < -0.39 is 5.97 Å². The lowest BCUT2D eigenvalue weighted by atomic mass is 10.0. The quantitative estimate of drug-likeness (QED) is 0.845. The maximum absolute atomic E-state index is 10.8. The summed E-state index contributed by atoms with van der Waals surface area (Å²) in [5, 5.41) is 12.4. The second-order valence-corrected chi connectivity index (χ2v) is 5.15. The zero-order valence-electron chi connectivity index (χ0n) is 10.4. The van der Waals surface area contributed by atoms with E-state index in [-0.39, 0.29) is 11.3 Å². The van der Waals surface area contributed by atoms with Crippen molar-refractivity contribution in [3.63, 3.8) is 0 Å². The van der Waals surface area contributed by atoms with Crippen LogP contribution in [0.1, 0.15) is 54.5 Å². The molecule has 94 valence electrons. The van der Waals surface area contributed by atoms with Gasteiger partial charge in [-0.25, -0.2) is 4.79 Å². The maximum Gasteiger partial charge on any atom is 0.372 e. The molecule has 0 spiro atoms. The number of hydrogen-bond acceptors (Lipinski definition) is 3. The van der Waals surface area contributed by atoms with E-state index in [0.717, 1.165) is 0 Å². The SMILES string of the molecule is Cc1cc(CNC2(C)CCCC2)oc1C(=O)O. The van der Waals surface area contributed by atoms with Crippen molar-refractivity contribution >= 4 is 5.97 Å². The summed E-state index contributed by atoms with van der Waals surface area (Å²) in [7, 11) is 0. The zero-order chi connectivity index (χ0) is 12.5. The summed E-state index contributed by atoms with van der Waals surface area (Å²) in [5.74, 6) is -0.243. The van der Waals surface area contributed by atoms with Crippen LogP contribution in [0.5, 0.6) is 0 Å². The van der Waals surface area contributed by atoms with Gasteiger partial charge in [0, 0.05) is 11.1 Å². The summed E-state index contributed by atoms with van der Waals surface area (Å²) in [6.45, 7) is 4.58. The van der Waals surface area contributed by atoms with Crippen molar-refractivity contribution < 1.29 is 14.3 Å². The van der Waals surface area contributed by atoms with Crippen molar-refractivity contribution in [1.82, 2.24) is 5.32 Å². The fourth-order valence-corrected chi connectivity index (χ4v) is 2.48. The molecule has 1 saturated carbocycles. The van der Waals surface area contributed by atoms with Crippen LogP contribution in [0.2, 0.25) is 0 Å². The number of nitrogens with one attached hydrogen (secondary N) is 1. The van der Waals surface area contributed by atoms with Crippen molar-refractivity contribution in [2.75, 3.05) is 0 Å². The Balaban J connectivity index is 1.99. The first-order chi connectivity index (χ1) is 8.00. The Labute approximate surface area is 101 Å². The van der Waals surface area contributed by atoms with Gasteiger partial charge < -0.3 is 14.8 Å². The number of carbonyl (C=O) groups is 1. The zero-order valence-corrected chi connectivity index (χ0v) is 10.4. The average molecular weight is 237 g/mol. The summed E-state index contributed by atoms with van der Waals surface area (Å²) < 4.78 is 5.32. The lowest BCUT2D eigenvalue weighted by molar-refractivity contribution is 0.0659. The van der Waals surface area contributed by atoms with E-state index in [1.54, 1.807) is 13.0 Å². The van der Waals surface area contributed by atoms with Gasteiger partial charge in [-0.15, -0.1) is 0 Å². The largest absolute Gasteiger partial charge is 0.475 e. The lowest BCUT2D eigenvalue weighted by Gasteiger charge is -2.24. The highest BCUT2D eigenvalue weighted by molar-refractivity contribution is 5.86. The second-order valence-electron chi connectivity index (χ2n) is 5.15. The Kier molecular flexibility index (Phi) is 3.24. The van der Waals surface area contributed by atoms with Crippen molar-refractivity contribution in [2.45, 2.75) is 51.6 Å². The molecule has 1 heterocycles. The molecule has 0 aliphatic heterocycles. The van der Waals surface area contributed by atoms with Crippen LogP contribution in [0.25, 0.3) is 0 Å². The van der Waals surface area contributed by atoms with Gasteiger partial charge in [-0.1, -0.05) is 12.8 Å². The number of aromatic carboxylic acids is 1. The van der Waals surface area contributed by atoms with Crippen molar-refractivity contribution in [3.8, 4) is 0 Å². The van der Waals surface area contributed by atoms with Crippen molar-refractivity contribution in [2.24, 2.45) is 0 Å². The third kappa shape index (κ3) is 2.69. The van der Waals surface area contributed by atoms with Gasteiger partial charge in [0.2, 0.25) is 5.76 Å². The molecule has 0 saturated heterocycles. The molecular weight excluding hydrogens is 218 g/mol. The van der Waals surface area contributed by atoms with Crippen molar-refractivity contribution in [1.29, 1.82) is 0 Å². The van der Waals surface area contributed by atoms with Crippen LogP contribution in [0.15, 0.2) is 10.5 Å². The van der Waals surface area contributed by atoms with Gasteiger partial charge in [0.15, 0.2) is 0 Å². The molecule has 2 N–H and O–H groups in total. The highest BCUT2D eigenvalue weighted by Gasteiger charge is 2.28. The van der Waals surface area contributed by atoms with E-state index >= 15 is 0 Å².